The third-order valence-corrected chi connectivity index (χ3v) is 2.68. The molecule has 3 nitrogen and oxygen atoms in total. The summed E-state index contributed by atoms with van der Waals surface area (Å²) in [4.78, 5) is 8.46. The quantitative estimate of drug-likeness (QED) is 0.580. The van der Waals surface area contributed by atoms with Gasteiger partial charge in [0.2, 0.25) is 0 Å². The molecule has 0 aromatic carbocycles. The number of nitrogens with zero attached hydrogens (tertiary/aromatic N) is 2. The van der Waals surface area contributed by atoms with Gasteiger partial charge in [-0.25, -0.2) is 4.98 Å². The molecule has 0 fully saturated rings. The Labute approximate surface area is 89.7 Å². The minimum Gasteiger partial charge on any atom is -0.272 e. The number of nitrogens with two attached hydrogens (primary N) is 1. The molecular weight excluding hydrogens is 194 g/mol. The summed E-state index contributed by atoms with van der Waals surface area (Å²) in [5, 5.41) is 6.36. The Morgan fingerprint density at radius 3 is 2.71 bits per heavy atom. The van der Waals surface area contributed by atoms with Crippen molar-refractivity contribution < 1.29 is 0 Å². The molecule has 0 radical (unpaired) electrons. The van der Waals surface area contributed by atoms with Gasteiger partial charge in [-0.1, -0.05) is 26.2 Å². The molecule has 0 aliphatic heterocycles. The lowest BCUT2D eigenvalue weighted by atomic mass is 10.1. The fourth-order valence-corrected chi connectivity index (χ4v) is 1.76. The molecule has 4 heteroatoms. The molecule has 1 rings (SSSR count). The number of hydrogen-bond donors (Lipinski definition) is 1. The zero-order valence-electron chi connectivity index (χ0n) is 8.57. The van der Waals surface area contributed by atoms with Gasteiger partial charge in [-0.2, -0.15) is 0 Å². The molecule has 0 aliphatic rings. The number of rotatable bonds is 6. The predicted octanol–water partition coefficient (Wildman–Crippen LogP) is 2.57. The summed E-state index contributed by atoms with van der Waals surface area (Å²) in [5.74, 6) is 0. The maximum atomic E-state index is 5.50. The molecule has 0 bridgehead atoms. The van der Waals surface area contributed by atoms with Crippen molar-refractivity contribution in [1.82, 2.24) is 9.97 Å². The molecule has 1 aromatic rings. The van der Waals surface area contributed by atoms with Gasteiger partial charge in [0.05, 0.1) is 5.69 Å². The Hall–Kier alpha value is -0.610. The van der Waals surface area contributed by atoms with E-state index in [9.17, 15) is 0 Å². The largest absolute Gasteiger partial charge is 0.272 e. The van der Waals surface area contributed by atoms with Crippen LogP contribution in [0.3, 0.4) is 0 Å². The molecule has 0 aliphatic carbocycles. The Balaban J connectivity index is 2.41. The van der Waals surface area contributed by atoms with E-state index in [1.807, 2.05) is 0 Å². The zero-order valence-corrected chi connectivity index (χ0v) is 9.39. The van der Waals surface area contributed by atoms with E-state index in [4.69, 9.17) is 5.14 Å². The van der Waals surface area contributed by atoms with Crippen molar-refractivity contribution in [3.63, 3.8) is 0 Å². The summed E-state index contributed by atoms with van der Waals surface area (Å²) in [7, 11) is 0. The van der Waals surface area contributed by atoms with Crippen LogP contribution in [0.4, 0.5) is 0 Å². The van der Waals surface area contributed by atoms with Crippen LogP contribution in [0.25, 0.3) is 0 Å². The molecule has 78 valence electrons. The van der Waals surface area contributed by atoms with Crippen LogP contribution in [0.15, 0.2) is 17.4 Å². The van der Waals surface area contributed by atoms with Gasteiger partial charge in [-0.05, 0) is 24.8 Å². The molecule has 0 amide bonds. The summed E-state index contributed by atoms with van der Waals surface area (Å²) in [6, 6.07) is 0. The number of aromatic nitrogens is 2. The van der Waals surface area contributed by atoms with E-state index >= 15 is 0 Å². The van der Waals surface area contributed by atoms with Crippen molar-refractivity contribution in [2.24, 2.45) is 5.14 Å². The maximum absolute atomic E-state index is 5.50. The van der Waals surface area contributed by atoms with E-state index in [1.165, 1.54) is 37.6 Å². The molecule has 14 heavy (non-hydrogen) atoms. The number of unbranched alkanes of at least 4 members (excludes halogenated alkanes) is 3. The lowest BCUT2D eigenvalue weighted by Gasteiger charge is -2.03. The van der Waals surface area contributed by atoms with Gasteiger partial charge in [-0.15, -0.1) is 0 Å². The third kappa shape index (κ3) is 3.64. The standard InChI is InChI=1S/C10H17N3S/c1-2-3-4-5-6-9-10(14-11)13-8-7-12-9/h7-8H,2-6,11H2,1H3. The highest BCUT2D eigenvalue weighted by Gasteiger charge is 2.03. The lowest BCUT2D eigenvalue weighted by Crippen LogP contribution is -1.97. The van der Waals surface area contributed by atoms with Crippen molar-refractivity contribution in [1.29, 1.82) is 0 Å². The fourth-order valence-electron chi connectivity index (χ4n) is 1.34. The highest BCUT2D eigenvalue weighted by Crippen LogP contribution is 2.14. The molecule has 0 atom stereocenters. The van der Waals surface area contributed by atoms with Crippen LogP contribution in [0.2, 0.25) is 0 Å². The van der Waals surface area contributed by atoms with E-state index in [0.29, 0.717) is 0 Å². The summed E-state index contributed by atoms with van der Waals surface area (Å²) >= 11 is 1.19. The molecule has 0 spiro atoms. The summed E-state index contributed by atoms with van der Waals surface area (Å²) in [5.41, 5.74) is 1.04. The van der Waals surface area contributed by atoms with Crippen LogP contribution < -0.4 is 5.14 Å². The second-order valence-corrected chi connectivity index (χ2v) is 3.86. The van der Waals surface area contributed by atoms with Crippen LogP contribution in [-0.2, 0) is 6.42 Å². The van der Waals surface area contributed by atoms with Crippen LogP contribution >= 0.6 is 11.9 Å². The molecule has 2 N–H and O–H groups in total. The first kappa shape index (κ1) is 11.5. The molecule has 0 unspecified atom stereocenters. The van der Waals surface area contributed by atoms with Gasteiger partial charge in [-0.3, -0.25) is 10.1 Å². The summed E-state index contributed by atoms with van der Waals surface area (Å²) < 4.78 is 0. The second-order valence-electron chi connectivity index (χ2n) is 3.24. The Bertz CT molecular complexity index is 265. The average molecular weight is 211 g/mol. The first-order valence-electron chi connectivity index (χ1n) is 5.05. The lowest BCUT2D eigenvalue weighted by molar-refractivity contribution is 0.652. The van der Waals surface area contributed by atoms with Crippen molar-refractivity contribution in [2.45, 2.75) is 44.1 Å². The Morgan fingerprint density at radius 2 is 2.00 bits per heavy atom. The Kier molecular flexibility index (Phi) is 5.56. The van der Waals surface area contributed by atoms with Crippen LogP contribution in [-0.4, -0.2) is 9.97 Å². The van der Waals surface area contributed by atoms with E-state index in [2.05, 4.69) is 16.9 Å². The van der Waals surface area contributed by atoms with E-state index in [0.717, 1.165) is 17.1 Å². The first-order valence-corrected chi connectivity index (χ1v) is 5.93. The van der Waals surface area contributed by atoms with E-state index in [1.54, 1.807) is 12.4 Å². The van der Waals surface area contributed by atoms with Gasteiger partial charge < -0.3 is 0 Å². The minimum absolute atomic E-state index is 0.865. The van der Waals surface area contributed by atoms with Crippen molar-refractivity contribution in [3.8, 4) is 0 Å². The normalized spacial score (nSPS) is 10.4. The topological polar surface area (TPSA) is 51.8 Å². The first-order chi connectivity index (χ1) is 6.88. The SMILES string of the molecule is CCCCCCc1nccnc1SN. The van der Waals surface area contributed by atoms with Gasteiger partial charge >= 0.3 is 0 Å². The average Bonchev–Trinajstić information content (AvgIpc) is 2.25. The third-order valence-electron chi connectivity index (χ3n) is 2.11. The summed E-state index contributed by atoms with van der Waals surface area (Å²) in [6.45, 7) is 2.21. The van der Waals surface area contributed by atoms with E-state index < -0.39 is 0 Å². The highest BCUT2D eigenvalue weighted by molar-refractivity contribution is 7.97. The minimum atomic E-state index is 0.865. The van der Waals surface area contributed by atoms with Gasteiger partial charge in [0.25, 0.3) is 0 Å². The maximum Gasteiger partial charge on any atom is 0.132 e. The highest BCUT2D eigenvalue weighted by atomic mass is 32.2. The molecule has 0 saturated heterocycles. The second kappa shape index (κ2) is 6.79. The molecular formula is C10H17N3S. The fraction of sp³-hybridized carbons (Fsp3) is 0.600. The predicted molar refractivity (Wildman–Crippen MR) is 59.9 cm³/mol. The number of aryl methyl sites for hydroxylation is 1. The summed E-state index contributed by atoms with van der Waals surface area (Å²) in [6.07, 6.45) is 9.42. The zero-order chi connectivity index (χ0) is 10.2. The van der Waals surface area contributed by atoms with Crippen molar-refractivity contribution >= 4 is 11.9 Å². The van der Waals surface area contributed by atoms with Crippen molar-refractivity contribution in [3.05, 3.63) is 18.1 Å². The van der Waals surface area contributed by atoms with Gasteiger partial charge in [0.15, 0.2) is 0 Å². The smallest absolute Gasteiger partial charge is 0.132 e. The van der Waals surface area contributed by atoms with Gasteiger partial charge in [0, 0.05) is 12.4 Å². The molecule has 0 saturated carbocycles. The van der Waals surface area contributed by atoms with E-state index in [-0.39, 0.29) is 0 Å². The molecule has 1 heterocycles. The van der Waals surface area contributed by atoms with Crippen LogP contribution in [0.1, 0.15) is 38.3 Å². The van der Waals surface area contributed by atoms with Crippen molar-refractivity contribution in [2.75, 3.05) is 0 Å². The van der Waals surface area contributed by atoms with Crippen LogP contribution in [0, 0.1) is 0 Å². The van der Waals surface area contributed by atoms with Crippen LogP contribution in [0.5, 0.6) is 0 Å². The monoisotopic (exact) mass is 211 g/mol. The number of hydrogen-bond acceptors (Lipinski definition) is 4. The Morgan fingerprint density at radius 1 is 1.21 bits per heavy atom. The molecule has 1 aromatic heterocycles. The van der Waals surface area contributed by atoms with Gasteiger partial charge in [0.1, 0.15) is 5.03 Å².